The topological polar surface area (TPSA) is 87.7 Å². The standard InChI is InChI=1S/C15H20BrN3O2/c1-15(7-3-2-4-8-15)14(20)18-12-6-5-10(16)9-11(12)13(17)19-21/h5-6,9,21H,2-4,7-8H2,1H3,(H2,17,19)(H,18,20). The molecular weight excluding hydrogens is 334 g/mol. The molecule has 0 atom stereocenters. The Hall–Kier alpha value is -1.56. The van der Waals surface area contributed by atoms with Crippen LogP contribution in [0.4, 0.5) is 5.69 Å². The highest BCUT2D eigenvalue weighted by Crippen LogP contribution is 2.37. The Morgan fingerprint density at radius 3 is 2.67 bits per heavy atom. The molecule has 4 N–H and O–H groups in total. The van der Waals surface area contributed by atoms with E-state index in [1.165, 1.54) is 6.42 Å². The van der Waals surface area contributed by atoms with Gasteiger partial charge in [-0.15, -0.1) is 0 Å². The molecule has 1 aromatic rings. The third kappa shape index (κ3) is 3.56. The number of nitrogens with zero attached hydrogens (tertiary/aromatic N) is 1. The second-order valence-electron chi connectivity index (χ2n) is 5.75. The third-order valence-electron chi connectivity index (χ3n) is 4.12. The summed E-state index contributed by atoms with van der Waals surface area (Å²) in [4.78, 5) is 12.6. The first-order chi connectivity index (χ1) is 9.96. The van der Waals surface area contributed by atoms with Gasteiger partial charge in [0.15, 0.2) is 5.84 Å². The lowest BCUT2D eigenvalue weighted by Crippen LogP contribution is -2.35. The quantitative estimate of drug-likeness (QED) is 0.336. The lowest BCUT2D eigenvalue weighted by molar-refractivity contribution is -0.126. The maximum atomic E-state index is 12.6. The maximum absolute atomic E-state index is 12.6. The van der Waals surface area contributed by atoms with E-state index in [0.717, 1.165) is 30.2 Å². The fourth-order valence-electron chi connectivity index (χ4n) is 2.72. The van der Waals surface area contributed by atoms with E-state index in [1.54, 1.807) is 12.1 Å². The van der Waals surface area contributed by atoms with Crippen molar-refractivity contribution in [3.63, 3.8) is 0 Å². The van der Waals surface area contributed by atoms with E-state index in [0.29, 0.717) is 11.3 Å². The fraction of sp³-hybridized carbons (Fsp3) is 0.467. The normalized spacial score (nSPS) is 18.3. The zero-order valence-electron chi connectivity index (χ0n) is 12.0. The van der Waals surface area contributed by atoms with Gasteiger partial charge in [-0.2, -0.15) is 0 Å². The molecule has 1 aliphatic carbocycles. The Bertz CT molecular complexity index is 566. The van der Waals surface area contributed by atoms with Gasteiger partial charge in [-0.3, -0.25) is 4.79 Å². The van der Waals surface area contributed by atoms with E-state index in [1.807, 2.05) is 13.0 Å². The number of oxime groups is 1. The SMILES string of the molecule is CC1(C(=O)Nc2ccc(Br)cc2/C(N)=N/O)CCCCC1. The monoisotopic (exact) mass is 353 g/mol. The van der Waals surface area contributed by atoms with Gasteiger partial charge in [0.05, 0.1) is 5.69 Å². The zero-order valence-corrected chi connectivity index (χ0v) is 13.6. The minimum Gasteiger partial charge on any atom is -0.409 e. The molecule has 0 saturated heterocycles. The van der Waals surface area contributed by atoms with Crippen molar-refractivity contribution in [1.29, 1.82) is 0 Å². The Morgan fingerprint density at radius 2 is 2.05 bits per heavy atom. The first kappa shape index (κ1) is 15.8. The Morgan fingerprint density at radius 1 is 1.38 bits per heavy atom. The number of rotatable bonds is 3. The summed E-state index contributed by atoms with van der Waals surface area (Å²) in [7, 11) is 0. The van der Waals surface area contributed by atoms with Crippen molar-refractivity contribution >= 4 is 33.4 Å². The summed E-state index contributed by atoms with van der Waals surface area (Å²) in [5.74, 6) is -0.0306. The second-order valence-corrected chi connectivity index (χ2v) is 6.67. The van der Waals surface area contributed by atoms with Crippen LogP contribution in [0.3, 0.4) is 0 Å². The molecule has 0 aliphatic heterocycles. The smallest absolute Gasteiger partial charge is 0.230 e. The average molecular weight is 354 g/mol. The highest BCUT2D eigenvalue weighted by atomic mass is 79.9. The predicted octanol–water partition coefficient (Wildman–Crippen LogP) is 3.45. The van der Waals surface area contributed by atoms with Gasteiger partial charge in [-0.05, 0) is 31.0 Å². The molecule has 1 aromatic carbocycles. The van der Waals surface area contributed by atoms with Crippen LogP contribution in [0.2, 0.25) is 0 Å². The number of nitrogens with two attached hydrogens (primary N) is 1. The highest BCUT2D eigenvalue weighted by Gasteiger charge is 2.34. The first-order valence-electron chi connectivity index (χ1n) is 7.05. The van der Waals surface area contributed by atoms with Crippen molar-refractivity contribution in [2.75, 3.05) is 5.32 Å². The number of halogens is 1. The van der Waals surface area contributed by atoms with Crippen molar-refractivity contribution in [3.05, 3.63) is 28.2 Å². The van der Waals surface area contributed by atoms with Gasteiger partial charge < -0.3 is 16.3 Å². The van der Waals surface area contributed by atoms with Gasteiger partial charge in [-0.25, -0.2) is 0 Å². The van der Waals surface area contributed by atoms with Crippen LogP contribution >= 0.6 is 15.9 Å². The molecule has 5 nitrogen and oxygen atoms in total. The van der Waals surface area contributed by atoms with Gasteiger partial charge in [-0.1, -0.05) is 47.3 Å². The van der Waals surface area contributed by atoms with Crippen LogP contribution in [0.15, 0.2) is 27.8 Å². The molecule has 0 heterocycles. The van der Waals surface area contributed by atoms with Crippen molar-refractivity contribution in [1.82, 2.24) is 0 Å². The molecule has 114 valence electrons. The van der Waals surface area contributed by atoms with Gasteiger partial charge in [0.1, 0.15) is 0 Å². The second kappa shape index (κ2) is 6.47. The molecule has 0 radical (unpaired) electrons. The summed E-state index contributed by atoms with van der Waals surface area (Å²) < 4.78 is 0.797. The summed E-state index contributed by atoms with van der Waals surface area (Å²) in [5.41, 5.74) is 6.40. The number of anilines is 1. The molecule has 21 heavy (non-hydrogen) atoms. The number of benzene rings is 1. The van der Waals surface area contributed by atoms with Crippen LogP contribution in [-0.4, -0.2) is 17.0 Å². The van der Waals surface area contributed by atoms with E-state index in [2.05, 4.69) is 26.4 Å². The van der Waals surface area contributed by atoms with Crippen LogP contribution in [-0.2, 0) is 4.79 Å². The highest BCUT2D eigenvalue weighted by molar-refractivity contribution is 9.10. The number of carbonyl (C=O) groups is 1. The maximum Gasteiger partial charge on any atom is 0.230 e. The Balaban J connectivity index is 2.25. The molecular formula is C15H20BrN3O2. The zero-order chi connectivity index (χ0) is 15.5. The molecule has 6 heteroatoms. The lowest BCUT2D eigenvalue weighted by atomic mass is 9.75. The minimum atomic E-state index is -0.340. The average Bonchev–Trinajstić information content (AvgIpc) is 2.49. The van der Waals surface area contributed by atoms with Gasteiger partial charge >= 0.3 is 0 Å². The van der Waals surface area contributed by atoms with Crippen molar-refractivity contribution in [2.24, 2.45) is 16.3 Å². The van der Waals surface area contributed by atoms with Gasteiger partial charge in [0.25, 0.3) is 0 Å². The summed E-state index contributed by atoms with van der Waals surface area (Å²) in [5, 5.41) is 14.8. The number of hydrogen-bond donors (Lipinski definition) is 3. The number of amidine groups is 1. The molecule has 0 spiro atoms. The Kier molecular flexibility index (Phi) is 4.88. The van der Waals surface area contributed by atoms with Crippen molar-refractivity contribution < 1.29 is 10.0 Å². The van der Waals surface area contributed by atoms with Crippen LogP contribution in [0.1, 0.15) is 44.6 Å². The molecule has 1 amide bonds. The van der Waals surface area contributed by atoms with Crippen LogP contribution in [0.25, 0.3) is 0 Å². The lowest BCUT2D eigenvalue weighted by Gasteiger charge is -2.32. The van der Waals surface area contributed by atoms with E-state index in [-0.39, 0.29) is 17.2 Å². The summed E-state index contributed by atoms with van der Waals surface area (Å²) in [6.45, 7) is 2.00. The number of carbonyl (C=O) groups excluding carboxylic acids is 1. The largest absolute Gasteiger partial charge is 0.409 e. The number of amides is 1. The van der Waals surface area contributed by atoms with Crippen LogP contribution in [0.5, 0.6) is 0 Å². The van der Waals surface area contributed by atoms with Crippen LogP contribution in [0, 0.1) is 5.41 Å². The van der Waals surface area contributed by atoms with E-state index >= 15 is 0 Å². The molecule has 1 fully saturated rings. The summed E-state index contributed by atoms with van der Waals surface area (Å²) >= 11 is 3.34. The van der Waals surface area contributed by atoms with Crippen molar-refractivity contribution in [2.45, 2.75) is 39.0 Å². The van der Waals surface area contributed by atoms with E-state index in [4.69, 9.17) is 10.9 Å². The van der Waals surface area contributed by atoms with Crippen LogP contribution < -0.4 is 11.1 Å². The molecule has 0 bridgehead atoms. The third-order valence-corrected chi connectivity index (χ3v) is 4.61. The summed E-state index contributed by atoms with van der Waals surface area (Å²) in [6, 6.07) is 5.28. The molecule has 2 rings (SSSR count). The molecule has 0 unspecified atom stereocenters. The number of nitrogens with one attached hydrogen (secondary N) is 1. The van der Waals surface area contributed by atoms with E-state index < -0.39 is 0 Å². The van der Waals surface area contributed by atoms with Gasteiger partial charge in [0, 0.05) is 15.5 Å². The Labute approximate surface area is 132 Å². The van der Waals surface area contributed by atoms with Gasteiger partial charge in [0.2, 0.25) is 5.91 Å². The predicted molar refractivity (Wildman–Crippen MR) is 86.5 cm³/mol. The molecule has 1 aliphatic rings. The minimum absolute atomic E-state index is 0.00323. The van der Waals surface area contributed by atoms with Crippen molar-refractivity contribution in [3.8, 4) is 0 Å². The number of hydrogen-bond acceptors (Lipinski definition) is 3. The fourth-order valence-corrected chi connectivity index (χ4v) is 3.08. The van der Waals surface area contributed by atoms with E-state index in [9.17, 15) is 4.79 Å². The first-order valence-corrected chi connectivity index (χ1v) is 7.84. The summed E-state index contributed by atoms with van der Waals surface area (Å²) in [6.07, 6.45) is 5.15. The molecule has 0 aromatic heterocycles. The molecule has 1 saturated carbocycles.